The Balaban J connectivity index is 1.08. The number of nitrogens with zero attached hydrogens (tertiary/aromatic N) is 1. The first-order valence-corrected chi connectivity index (χ1v) is 24.1. The first-order chi connectivity index (χ1) is 33.2. The Morgan fingerprint density at radius 1 is 0.779 bits per heavy atom. The van der Waals surface area contributed by atoms with Crippen LogP contribution in [0.2, 0.25) is 0 Å². The lowest BCUT2D eigenvalue weighted by Gasteiger charge is -2.39. The van der Waals surface area contributed by atoms with Gasteiger partial charge in [-0.25, -0.2) is 0 Å². The number of aldehydes is 1. The number of hydrogen-bond donors (Lipinski definition) is 5. The van der Waals surface area contributed by atoms with Crippen molar-refractivity contribution >= 4 is 30.0 Å². The average Bonchev–Trinajstić information content (AvgIpc) is 3.35. The van der Waals surface area contributed by atoms with E-state index >= 15 is 0 Å². The van der Waals surface area contributed by atoms with Gasteiger partial charge in [0.15, 0.2) is 12.7 Å². The van der Waals surface area contributed by atoms with E-state index < -0.39 is 42.3 Å². The predicted molar refractivity (Wildman–Crippen MR) is 244 cm³/mol. The van der Waals surface area contributed by atoms with Crippen molar-refractivity contribution in [2.24, 2.45) is 11.8 Å². The molecule has 394 valence electrons. The van der Waals surface area contributed by atoms with Crippen molar-refractivity contribution in [1.29, 1.82) is 0 Å². The fraction of sp³-hybridized carbons (Fsp3) is 0.889. The van der Waals surface area contributed by atoms with Gasteiger partial charge in [-0.05, 0) is 64.1 Å². The number of rotatable bonds is 40. The zero-order valence-electron chi connectivity index (χ0n) is 40.3. The topological polar surface area (TPSA) is 281 Å². The second-order valence-electron chi connectivity index (χ2n) is 16.7. The van der Waals surface area contributed by atoms with E-state index in [-0.39, 0.29) is 83.1 Å². The number of carbonyl (C=O) groups excluding carboxylic acids is 4. The molecule has 23 heteroatoms. The van der Waals surface area contributed by atoms with Gasteiger partial charge in [0, 0.05) is 33.9 Å². The van der Waals surface area contributed by atoms with Gasteiger partial charge in [0.1, 0.15) is 37.2 Å². The molecule has 0 aromatic heterocycles. The molecule has 3 saturated heterocycles. The van der Waals surface area contributed by atoms with E-state index in [0.717, 1.165) is 51.5 Å². The molecule has 3 rings (SSSR count). The fourth-order valence-electron chi connectivity index (χ4n) is 8.10. The Kier molecular flexibility index (Phi) is 32.9. The number of amides is 3. The van der Waals surface area contributed by atoms with Crippen LogP contribution in [0.15, 0.2) is 0 Å². The van der Waals surface area contributed by atoms with Crippen LogP contribution >= 0.6 is 0 Å². The van der Waals surface area contributed by atoms with Gasteiger partial charge in [0.05, 0.1) is 117 Å². The molecule has 68 heavy (non-hydrogen) atoms. The fourth-order valence-corrected chi connectivity index (χ4v) is 8.10. The lowest BCUT2D eigenvalue weighted by molar-refractivity contribution is -0.227. The summed E-state index contributed by atoms with van der Waals surface area (Å²) in [5.74, 6) is -2.34. The molecule has 23 nitrogen and oxygen atoms in total. The van der Waals surface area contributed by atoms with E-state index in [2.05, 4.69) is 21.3 Å². The zero-order chi connectivity index (χ0) is 49.0. The van der Waals surface area contributed by atoms with Crippen LogP contribution in [0.4, 0.5) is 0 Å². The number of carboxylic acid groups (broad SMARTS) is 1. The summed E-state index contributed by atoms with van der Waals surface area (Å²) in [6, 6.07) is -1.51. The molecule has 0 radical (unpaired) electrons. The second-order valence-corrected chi connectivity index (χ2v) is 16.7. The van der Waals surface area contributed by atoms with E-state index in [1.54, 1.807) is 14.2 Å². The Morgan fingerprint density at radius 2 is 1.37 bits per heavy atom. The summed E-state index contributed by atoms with van der Waals surface area (Å²) in [6.45, 7) is 8.22. The molecular formula is C45H82N5O18+. The molecule has 0 aromatic carbocycles. The minimum absolute atomic E-state index is 0.0626. The molecule has 3 aliphatic rings. The molecule has 3 amide bonds. The molecule has 0 aliphatic carbocycles. The molecule has 7 N–H and O–H groups in total. The molecule has 0 saturated carbocycles. The molecule has 7 atom stereocenters. The Bertz CT molecular complexity index is 1370. The van der Waals surface area contributed by atoms with E-state index in [1.165, 1.54) is 0 Å². The number of aliphatic carboxylic acids is 1. The smallest absolute Gasteiger partial charge is 0.305 e. The number of piperidine rings is 2. The zero-order valence-corrected chi connectivity index (χ0v) is 40.3. The average molecular weight is 981 g/mol. The molecule has 0 aromatic rings. The lowest BCUT2D eigenvalue weighted by Crippen LogP contribution is -2.56. The summed E-state index contributed by atoms with van der Waals surface area (Å²) < 4.78 is 60.9. The van der Waals surface area contributed by atoms with Crippen LogP contribution in [-0.4, -0.2) is 247 Å². The Labute approximate surface area is 400 Å². The Hall–Kier alpha value is -3.01. The summed E-state index contributed by atoms with van der Waals surface area (Å²) in [5.41, 5.74) is 0. The minimum Gasteiger partial charge on any atom is -0.481 e. The molecule has 3 aliphatic heterocycles. The third-order valence-corrected chi connectivity index (χ3v) is 11.8. The predicted octanol–water partition coefficient (Wildman–Crippen LogP) is -2.11. The minimum atomic E-state index is -1.24. The van der Waals surface area contributed by atoms with E-state index in [1.807, 2.05) is 4.90 Å². The number of carboxylic acids is 1. The summed E-state index contributed by atoms with van der Waals surface area (Å²) in [6.07, 6.45) is 4.26. The van der Waals surface area contributed by atoms with Gasteiger partial charge >= 0.3 is 5.97 Å². The maximum atomic E-state index is 13.2. The number of hydrogen-bond acceptors (Lipinski definition) is 18. The van der Waals surface area contributed by atoms with Crippen molar-refractivity contribution < 1.29 is 86.3 Å². The monoisotopic (exact) mass is 981 g/mol. The van der Waals surface area contributed by atoms with Gasteiger partial charge in [0.25, 0.3) is 0 Å². The normalized spacial score (nSPS) is 22.3. The highest BCUT2D eigenvalue weighted by atomic mass is 16.6. The van der Waals surface area contributed by atoms with Crippen LogP contribution in [0.25, 0.3) is 0 Å². The van der Waals surface area contributed by atoms with Crippen LogP contribution < -0.4 is 21.3 Å². The number of likely N-dealkylation sites (tertiary alicyclic amines) is 1. The van der Waals surface area contributed by atoms with Crippen molar-refractivity contribution in [3.05, 3.63) is 0 Å². The van der Waals surface area contributed by atoms with Crippen LogP contribution in [0.5, 0.6) is 0 Å². The van der Waals surface area contributed by atoms with Crippen LogP contribution in [0.1, 0.15) is 44.9 Å². The SMILES string of the molecule is COC1[C@H](OCCOCCOCCOCCNC(=O)COCCOCCOCCOCCNC(=O)[C@H](CC(=O)O)NC(=O)C2CCCN(C(C=O)CCC3CCNCC3)C2)C(C[OH2+])OC[C@@H]1OC. The number of ether oxygens (including phenoxy) is 11. The highest BCUT2D eigenvalue weighted by Gasteiger charge is 2.43. The summed E-state index contributed by atoms with van der Waals surface area (Å²) in [7, 11) is 3.18. The first-order valence-electron chi connectivity index (χ1n) is 24.1. The summed E-state index contributed by atoms with van der Waals surface area (Å²) in [4.78, 5) is 63.7. The van der Waals surface area contributed by atoms with Gasteiger partial charge in [-0.2, -0.15) is 0 Å². The standard InChI is InChI=1S/C45H81N5O18/c1-58-39-32-68-38(31-52)43(42(39)59-2)67-27-26-65-23-22-63-18-16-60-14-11-47-40(53)33-66-25-24-64-21-20-62-19-17-61-15-12-48-45(57)37(28-41(54)55)49-44(56)35-4-3-13-50(29-35)36(30-51)6-5-34-7-9-46-10-8-34/h30,34-39,42-43,46,52H,3-29,31-33H2,1-2H3,(H,47,53)(H,48,57)(H,49,56)(H,54,55)/p+1/t35?,36?,37-,38?,39-,42?,43+/m0/s1. The molecule has 4 unspecified atom stereocenters. The quantitative estimate of drug-likeness (QED) is 0.0250. The molecule has 0 spiro atoms. The third kappa shape index (κ3) is 25.2. The highest BCUT2D eigenvalue weighted by molar-refractivity contribution is 5.91. The molecular weight excluding hydrogens is 899 g/mol. The van der Waals surface area contributed by atoms with E-state index in [0.29, 0.717) is 98.0 Å². The van der Waals surface area contributed by atoms with Crippen LogP contribution in [0, 0.1) is 11.8 Å². The van der Waals surface area contributed by atoms with Crippen molar-refractivity contribution in [3.63, 3.8) is 0 Å². The number of methoxy groups -OCH3 is 2. The van der Waals surface area contributed by atoms with Gasteiger partial charge in [-0.15, -0.1) is 0 Å². The number of carbonyl (C=O) groups is 5. The maximum absolute atomic E-state index is 13.2. The summed E-state index contributed by atoms with van der Waals surface area (Å²) >= 11 is 0. The van der Waals surface area contributed by atoms with Crippen LogP contribution in [-0.2, 0) is 76.1 Å². The van der Waals surface area contributed by atoms with Gasteiger partial charge in [0.2, 0.25) is 17.7 Å². The Morgan fingerprint density at radius 3 is 1.94 bits per heavy atom. The lowest BCUT2D eigenvalue weighted by atomic mass is 9.90. The largest absolute Gasteiger partial charge is 0.481 e. The van der Waals surface area contributed by atoms with Gasteiger partial charge < -0.3 is 88.4 Å². The van der Waals surface area contributed by atoms with E-state index in [4.69, 9.17) is 57.2 Å². The van der Waals surface area contributed by atoms with E-state index in [9.17, 15) is 29.1 Å². The number of nitrogens with one attached hydrogen (secondary N) is 4. The molecule has 3 heterocycles. The van der Waals surface area contributed by atoms with Gasteiger partial charge in [-0.3, -0.25) is 24.1 Å². The van der Waals surface area contributed by atoms with Crippen molar-refractivity contribution in [1.82, 2.24) is 26.2 Å². The van der Waals surface area contributed by atoms with Crippen molar-refractivity contribution in [2.75, 3.05) is 166 Å². The van der Waals surface area contributed by atoms with Crippen LogP contribution in [0.3, 0.4) is 0 Å². The third-order valence-electron chi connectivity index (χ3n) is 11.8. The molecule has 0 bridgehead atoms. The first kappa shape index (κ1) is 59.3. The van der Waals surface area contributed by atoms with Crippen molar-refractivity contribution in [3.8, 4) is 0 Å². The summed E-state index contributed by atoms with van der Waals surface area (Å²) in [5, 5.41) is 28.5. The highest BCUT2D eigenvalue weighted by Crippen LogP contribution is 2.25. The maximum Gasteiger partial charge on any atom is 0.305 e. The second kappa shape index (κ2) is 37.8. The van der Waals surface area contributed by atoms with Gasteiger partial charge in [-0.1, -0.05) is 0 Å². The molecule has 3 fully saturated rings. The van der Waals surface area contributed by atoms with Crippen molar-refractivity contribution in [2.45, 2.75) is 81.4 Å².